The van der Waals surface area contributed by atoms with Gasteiger partial charge in [0.05, 0.1) is 22.7 Å². The number of ether oxygens (including phenoxy) is 1. The molecular weight excluding hydrogens is 272 g/mol. The second-order valence-corrected chi connectivity index (χ2v) is 4.27. The molecule has 1 N–H and O–H groups in total. The van der Waals surface area contributed by atoms with Crippen LogP contribution in [0.5, 0.6) is 5.88 Å². The maximum atomic E-state index is 11.6. The van der Waals surface area contributed by atoms with Gasteiger partial charge in [0, 0.05) is 18.2 Å². The highest BCUT2D eigenvalue weighted by Gasteiger charge is 2.10. The summed E-state index contributed by atoms with van der Waals surface area (Å²) in [7, 11) is 0. The molecule has 0 unspecified atom stereocenters. The van der Waals surface area contributed by atoms with Gasteiger partial charge in [-0.25, -0.2) is 9.59 Å². The van der Waals surface area contributed by atoms with Crippen LogP contribution in [0.2, 0.25) is 0 Å². The minimum absolute atomic E-state index is 0.309. The summed E-state index contributed by atoms with van der Waals surface area (Å²) in [4.78, 5) is 26.3. The predicted molar refractivity (Wildman–Crippen MR) is 75.1 cm³/mol. The van der Waals surface area contributed by atoms with Crippen molar-refractivity contribution < 1.29 is 19.4 Å². The summed E-state index contributed by atoms with van der Waals surface area (Å²) in [6.45, 7) is 0. The van der Waals surface area contributed by atoms with E-state index in [4.69, 9.17) is 9.84 Å². The van der Waals surface area contributed by atoms with E-state index in [1.807, 2.05) is 24.3 Å². The van der Waals surface area contributed by atoms with Gasteiger partial charge in [0.1, 0.15) is 0 Å². The van der Waals surface area contributed by atoms with Gasteiger partial charge in [-0.1, -0.05) is 12.1 Å². The van der Waals surface area contributed by atoms with Gasteiger partial charge in [-0.3, -0.25) is 9.38 Å². The van der Waals surface area contributed by atoms with Crippen molar-refractivity contribution in [3.8, 4) is 5.88 Å². The van der Waals surface area contributed by atoms with Crippen molar-refractivity contribution in [2.75, 3.05) is 0 Å². The van der Waals surface area contributed by atoms with Crippen molar-refractivity contribution in [1.82, 2.24) is 9.38 Å². The van der Waals surface area contributed by atoms with Crippen LogP contribution in [-0.2, 0) is 9.59 Å². The Morgan fingerprint density at radius 1 is 1.14 bits per heavy atom. The van der Waals surface area contributed by atoms with Crippen LogP contribution in [-0.4, -0.2) is 26.4 Å². The van der Waals surface area contributed by atoms with Crippen LogP contribution in [0.1, 0.15) is 0 Å². The molecule has 0 radical (unpaired) electrons. The lowest BCUT2D eigenvalue weighted by molar-refractivity contribution is -0.133. The molecule has 0 aliphatic carbocycles. The summed E-state index contributed by atoms with van der Waals surface area (Å²) in [6.07, 6.45) is 3.27. The monoisotopic (exact) mass is 282 g/mol. The van der Waals surface area contributed by atoms with Crippen molar-refractivity contribution in [2.45, 2.75) is 0 Å². The van der Waals surface area contributed by atoms with Gasteiger partial charge < -0.3 is 9.84 Å². The highest BCUT2D eigenvalue weighted by atomic mass is 16.5. The van der Waals surface area contributed by atoms with Crippen molar-refractivity contribution >= 4 is 28.5 Å². The van der Waals surface area contributed by atoms with E-state index in [-0.39, 0.29) is 0 Å². The lowest BCUT2D eigenvalue weighted by Gasteiger charge is -2.06. The quantitative estimate of drug-likeness (QED) is 0.587. The van der Waals surface area contributed by atoms with Crippen molar-refractivity contribution in [3.63, 3.8) is 0 Å². The van der Waals surface area contributed by atoms with Gasteiger partial charge in [0.25, 0.3) is 0 Å². The van der Waals surface area contributed by atoms with Crippen LogP contribution >= 0.6 is 0 Å². The molecule has 3 rings (SSSR count). The zero-order chi connectivity index (χ0) is 14.8. The number of hydrogen-bond donors (Lipinski definition) is 1. The first-order chi connectivity index (χ1) is 10.1. The fourth-order valence-corrected chi connectivity index (χ4v) is 2.05. The van der Waals surface area contributed by atoms with Gasteiger partial charge in [-0.05, 0) is 18.2 Å². The summed E-state index contributed by atoms with van der Waals surface area (Å²) < 4.78 is 6.92. The number of nitrogens with zero attached hydrogens (tertiary/aromatic N) is 2. The van der Waals surface area contributed by atoms with E-state index in [1.54, 1.807) is 22.7 Å². The number of carboxylic acids is 1. The lowest BCUT2D eigenvalue weighted by Crippen LogP contribution is -2.07. The number of aromatic nitrogens is 2. The first-order valence-electron chi connectivity index (χ1n) is 6.13. The summed E-state index contributed by atoms with van der Waals surface area (Å²) in [5.41, 5.74) is 2.34. The maximum absolute atomic E-state index is 11.6. The number of hydrogen-bond acceptors (Lipinski definition) is 4. The molecule has 0 saturated carbocycles. The Hall–Kier alpha value is -3.15. The van der Waals surface area contributed by atoms with Crippen LogP contribution in [0, 0.1) is 0 Å². The molecule has 0 saturated heterocycles. The Morgan fingerprint density at radius 2 is 1.95 bits per heavy atom. The molecule has 1 aromatic carbocycles. The summed E-state index contributed by atoms with van der Waals surface area (Å²) in [5.74, 6) is -1.65. The first-order valence-corrected chi connectivity index (χ1v) is 6.13. The molecule has 0 amide bonds. The number of rotatable bonds is 3. The van der Waals surface area contributed by atoms with E-state index in [0.717, 1.165) is 28.7 Å². The maximum Gasteiger partial charge on any atom is 0.337 e. The Morgan fingerprint density at radius 3 is 2.76 bits per heavy atom. The molecule has 6 heteroatoms. The molecule has 2 aromatic heterocycles. The van der Waals surface area contributed by atoms with Crippen LogP contribution in [0.4, 0.5) is 0 Å². The van der Waals surface area contributed by atoms with E-state index in [2.05, 4.69) is 4.98 Å². The van der Waals surface area contributed by atoms with Gasteiger partial charge in [0.2, 0.25) is 5.88 Å². The number of aliphatic carboxylic acids is 1. The van der Waals surface area contributed by atoms with Crippen LogP contribution < -0.4 is 4.74 Å². The van der Waals surface area contributed by atoms with Gasteiger partial charge in [-0.15, -0.1) is 0 Å². The largest absolute Gasteiger partial charge is 0.478 e. The molecule has 104 valence electrons. The average Bonchev–Trinajstić information content (AvgIpc) is 2.88. The van der Waals surface area contributed by atoms with E-state index in [1.165, 1.54) is 0 Å². The SMILES string of the molecule is O=C(O)/C=C\C(=O)Oc1ccc2cnc3ccccc3n12. The van der Waals surface area contributed by atoms with Gasteiger partial charge in [0.15, 0.2) is 0 Å². The Balaban J connectivity index is 2.05. The Bertz CT molecular complexity index is 880. The lowest BCUT2D eigenvalue weighted by atomic mass is 10.3. The summed E-state index contributed by atoms with van der Waals surface area (Å²) in [5, 5.41) is 8.49. The molecule has 0 spiro atoms. The number of fused-ring (bicyclic) bond motifs is 3. The number of carboxylic acid groups (broad SMARTS) is 1. The van der Waals surface area contributed by atoms with Gasteiger partial charge in [-0.2, -0.15) is 0 Å². The van der Waals surface area contributed by atoms with E-state index < -0.39 is 11.9 Å². The second kappa shape index (κ2) is 5.09. The van der Waals surface area contributed by atoms with E-state index in [0.29, 0.717) is 5.88 Å². The zero-order valence-corrected chi connectivity index (χ0v) is 10.8. The normalized spacial score (nSPS) is 11.2. The molecule has 0 aliphatic heterocycles. The van der Waals surface area contributed by atoms with Crippen LogP contribution in [0.15, 0.2) is 54.7 Å². The fourth-order valence-electron chi connectivity index (χ4n) is 2.05. The molecule has 0 fully saturated rings. The summed E-state index contributed by atoms with van der Waals surface area (Å²) in [6, 6.07) is 10.8. The van der Waals surface area contributed by atoms with Crippen molar-refractivity contribution in [3.05, 3.63) is 54.7 Å². The highest BCUT2D eigenvalue weighted by Crippen LogP contribution is 2.23. The fraction of sp³-hybridized carbons (Fsp3) is 0. The Kier molecular flexibility index (Phi) is 3.12. The molecular formula is C15H10N2O4. The minimum atomic E-state index is -1.21. The molecule has 3 aromatic rings. The molecule has 6 nitrogen and oxygen atoms in total. The first kappa shape index (κ1) is 12.9. The molecule has 0 aliphatic rings. The number of benzene rings is 1. The van der Waals surface area contributed by atoms with Crippen LogP contribution in [0.3, 0.4) is 0 Å². The standard InChI is InChI=1S/C15H10N2O4/c18-14(19)7-8-15(20)21-13-6-5-10-9-16-11-3-1-2-4-12(11)17(10)13/h1-9H,(H,18,19)/b8-7-. The van der Waals surface area contributed by atoms with Gasteiger partial charge >= 0.3 is 11.9 Å². The highest BCUT2D eigenvalue weighted by molar-refractivity contribution is 5.92. The smallest absolute Gasteiger partial charge is 0.337 e. The molecule has 21 heavy (non-hydrogen) atoms. The summed E-state index contributed by atoms with van der Waals surface area (Å²) >= 11 is 0. The molecule has 0 bridgehead atoms. The topological polar surface area (TPSA) is 80.9 Å². The molecule has 2 heterocycles. The zero-order valence-electron chi connectivity index (χ0n) is 10.8. The second-order valence-electron chi connectivity index (χ2n) is 4.27. The number of para-hydroxylation sites is 2. The minimum Gasteiger partial charge on any atom is -0.478 e. The third-order valence-electron chi connectivity index (χ3n) is 2.90. The molecule has 0 atom stereocenters. The average molecular weight is 282 g/mol. The van der Waals surface area contributed by atoms with E-state index in [9.17, 15) is 9.59 Å². The number of carbonyl (C=O) groups excluding carboxylic acids is 1. The third-order valence-corrected chi connectivity index (χ3v) is 2.90. The Labute approximate surface area is 118 Å². The predicted octanol–water partition coefficient (Wildman–Crippen LogP) is 2.03. The van der Waals surface area contributed by atoms with Crippen molar-refractivity contribution in [2.24, 2.45) is 0 Å². The number of carbonyl (C=O) groups is 2. The van der Waals surface area contributed by atoms with E-state index >= 15 is 0 Å². The number of esters is 1. The van der Waals surface area contributed by atoms with Crippen molar-refractivity contribution in [1.29, 1.82) is 0 Å². The third kappa shape index (κ3) is 2.46. The van der Waals surface area contributed by atoms with Crippen LogP contribution in [0.25, 0.3) is 16.6 Å².